The fraction of sp³-hybridized carbons (Fsp3) is 0.444. The Labute approximate surface area is 149 Å². The molecule has 26 heavy (non-hydrogen) atoms. The van der Waals surface area contributed by atoms with E-state index in [4.69, 9.17) is 0 Å². The summed E-state index contributed by atoms with van der Waals surface area (Å²) in [5, 5.41) is 6.58. The molecule has 1 atom stereocenters. The van der Waals surface area contributed by atoms with Gasteiger partial charge in [0.1, 0.15) is 5.82 Å². The maximum atomic E-state index is 14.2. The number of aryl methyl sites for hydroxylation is 1. The second kappa shape index (κ2) is 6.83. The number of rotatable bonds is 4. The lowest BCUT2D eigenvalue weighted by Gasteiger charge is -2.24. The molecule has 0 spiro atoms. The number of aromatic nitrogens is 2. The zero-order valence-corrected chi connectivity index (χ0v) is 14.5. The molecule has 2 heterocycles. The number of benzene rings is 1. The standard InChI is InChI=1S/C18H20F4N4/c1-11-14(13-5-4-12(8-15(13)19)18(20,21)22)9-23-16(26-11)24-10-17(2)6-3-7-25-17/h4-5,8-9,25H,3,6-7,10H2,1-2H3,(H,23,24,26)/t17-/m1/s1. The molecule has 140 valence electrons. The molecular formula is C18H20F4N4. The van der Waals surface area contributed by atoms with Gasteiger partial charge in [-0.15, -0.1) is 0 Å². The summed E-state index contributed by atoms with van der Waals surface area (Å²) in [7, 11) is 0. The Kier molecular flexibility index (Phi) is 4.88. The largest absolute Gasteiger partial charge is 0.416 e. The zero-order valence-electron chi connectivity index (χ0n) is 14.5. The van der Waals surface area contributed by atoms with Crippen LogP contribution in [0, 0.1) is 12.7 Å². The van der Waals surface area contributed by atoms with Gasteiger partial charge < -0.3 is 10.6 Å². The van der Waals surface area contributed by atoms with Crippen LogP contribution in [-0.4, -0.2) is 28.6 Å². The summed E-state index contributed by atoms with van der Waals surface area (Å²) in [6.45, 7) is 5.42. The van der Waals surface area contributed by atoms with Crippen molar-refractivity contribution in [1.82, 2.24) is 15.3 Å². The molecule has 1 aromatic carbocycles. The van der Waals surface area contributed by atoms with Crippen LogP contribution in [0.2, 0.25) is 0 Å². The third kappa shape index (κ3) is 3.95. The fourth-order valence-corrected chi connectivity index (χ4v) is 3.11. The van der Waals surface area contributed by atoms with Crippen molar-refractivity contribution in [2.75, 3.05) is 18.4 Å². The Balaban J connectivity index is 1.79. The van der Waals surface area contributed by atoms with E-state index in [0.29, 0.717) is 29.8 Å². The van der Waals surface area contributed by atoms with Gasteiger partial charge in [-0.05, 0) is 45.4 Å². The molecule has 1 aromatic heterocycles. The molecule has 2 N–H and O–H groups in total. The van der Waals surface area contributed by atoms with E-state index in [2.05, 4.69) is 27.5 Å². The van der Waals surface area contributed by atoms with Crippen molar-refractivity contribution in [2.45, 2.75) is 38.4 Å². The maximum absolute atomic E-state index is 14.2. The highest BCUT2D eigenvalue weighted by Crippen LogP contribution is 2.33. The lowest BCUT2D eigenvalue weighted by molar-refractivity contribution is -0.137. The summed E-state index contributed by atoms with van der Waals surface area (Å²) >= 11 is 0. The molecule has 0 unspecified atom stereocenters. The predicted molar refractivity (Wildman–Crippen MR) is 91.3 cm³/mol. The Morgan fingerprint density at radius 3 is 2.62 bits per heavy atom. The van der Waals surface area contributed by atoms with Crippen molar-refractivity contribution in [2.24, 2.45) is 0 Å². The van der Waals surface area contributed by atoms with E-state index in [0.717, 1.165) is 31.5 Å². The van der Waals surface area contributed by atoms with Crippen LogP contribution in [0.5, 0.6) is 0 Å². The topological polar surface area (TPSA) is 49.8 Å². The van der Waals surface area contributed by atoms with E-state index < -0.39 is 17.6 Å². The third-order valence-electron chi connectivity index (χ3n) is 4.66. The highest BCUT2D eigenvalue weighted by atomic mass is 19.4. The van der Waals surface area contributed by atoms with E-state index >= 15 is 0 Å². The second-order valence-corrected chi connectivity index (χ2v) is 6.83. The third-order valence-corrected chi connectivity index (χ3v) is 4.66. The maximum Gasteiger partial charge on any atom is 0.416 e. The molecule has 1 saturated heterocycles. The minimum atomic E-state index is -4.58. The van der Waals surface area contributed by atoms with Gasteiger partial charge in [0.05, 0.1) is 11.3 Å². The van der Waals surface area contributed by atoms with Crippen LogP contribution >= 0.6 is 0 Å². The first-order valence-corrected chi connectivity index (χ1v) is 8.38. The summed E-state index contributed by atoms with van der Waals surface area (Å²) in [5.41, 5.74) is -0.132. The summed E-state index contributed by atoms with van der Waals surface area (Å²) in [5.74, 6) is -0.539. The number of anilines is 1. The average Bonchev–Trinajstić information content (AvgIpc) is 3.00. The van der Waals surface area contributed by atoms with E-state index in [1.54, 1.807) is 6.92 Å². The van der Waals surface area contributed by atoms with Gasteiger partial charge in [0, 0.05) is 29.4 Å². The molecule has 1 aliphatic heterocycles. The number of hydrogen-bond acceptors (Lipinski definition) is 4. The normalized spacial score (nSPS) is 20.4. The van der Waals surface area contributed by atoms with Crippen molar-refractivity contribution in [3.63, 3.8) is 0 Å². The quantitative estimate of drug-likeness (QED) is 0.796. The van der Waals surface area contributed by atoms with E-state index in [9.17, 15) is 17.6 Å². The molecule has 3 rings (SSSR count). The van der Waals surface area contributed by atoms with Crippen molar-refractivity contribution in [3.8, 4) is 11.1 Å². The van der Waals surface area contributed by atoms with Crippen LogP contribution in [0.1, 0.15) is 31.0 Å². The Bertz CT molecular complexity index is 798. The van der Waals surface area contributed by atoms with Crippen LogP contribution in [0.15, 0.2) is 24.4 Å². The van der Waals surface area contributed by atoms with Gasteiger partial charge >= 0.3 is 6.18 Å². The van der Waals surface area contributed by atoms with Gasteiger partial charge in [-0.1, -0.05) is 6.07 Å². The smallest absolute Gasteiger partial charge is 0.352 e. The highest BCUT2D eigenvalue weighted by Gasteiger charge is 2.31. The van der Waals surface area contributed by atoms with Gasteiger partial charge in [0.25, 0.3) is 0 Å². The number of halogens is 4. The molecule has 0 amide bonds. The van der Waals surface area contributed by atoms with Crippen LogP contribution in [0.4, 0.5) is 23.5 Å². The lowest BCUT2D eigenvalue weighted by atomic mass is 10.0. The number of nitrogens with zero attached hydrogens (tertiary/aromatic N) is 2. The number of alkyl halides is 3. The highest BCUT2D eigenvalue weighted by molar-refractivity contribution is 5.66. The predicted octanol–water partition coefficient (Wildman–Crippen LogP) is 4.16. The molecular weight excluding hydrogens is 348 g/mol. The number of hydrogen-bond donors (Lipinski definition) is 2. The van der Waals surface area contributed by atoms with Crippen molar-refractivity contribution >= 4 is 5.95 Å². The van der Waals surface area contributed by atoms with Gasteiger partial charge in [0.15, 0.2) is 0 Å². The van der Waals surface area contributed by atoms with Crippen molar-refractivity contribution in [1.29, 1.82) is 0 Å². The van der Waals surface area contributed by atoms with Gasteiger partial charge in [0.2, 0.25) is 5.95 Å². The van der Waals surface area contributed by atoms with Crippen LogP contribution in [-0.2, 0) is 6.18 Å². The van der Waals surface area contributed by atoms with Gasteiger partial charge in [-0.3, -0.25) is 0 Å². The van der Waals surface area contributed by atoms with Crippen LogP contribution in [0.25, 0.3) is 11.1 Å². The minimum Gasteiger partial charge on any atom is -0.352 e. The summed E-state index contributed by atoms with van der Waals surface area (Å²) in [4.78, 5) is 8.50. The van der Waals surface area contributed by atoms with Crippen LogP contribution < -0.4 is 10.6 Å². The Hall–Kier alpha value is -2.22. The molecule has 0 aliphatic carbocycles. The van der Waals surface area contributed by atoms with E-state index in [1.165, 1.54) is 6.20 Å². The second-order valence-electron chi connectivity index (χ2n) is 6.83. The Morgan fingerprint density at radius 2 is 2.04 bits per heavy atom. The fourth-order valence-electron chi connectivity index (χ4n) is 3.11. The first-order chi connectivity index (χ1) is 12.2. The molecule has 0 radical (unpaired) electrons. The van der Waals surface area contributed by atoms with Gasteiger partial charge in [-0.2, -0.15) is 13.2 Å². The molecule has 1 aliphatic rings. The summed E-state index contributed by atoms with van der Waals surface area (Å²) in [6, 6.07) is 2.46. The molecule has 0 saturated carbocycles. The summed E-state index contributed by atoms with van der Waals surface area (Å²) < 4.78 is 52.2. The van der Waals surface area contributed by atoms with Gasteiger partial charge in [-0.25, -0.2) is 14.4 Å². The molecule has 1 fully saturated rings. The summed E-state index contributed by atoms with van der Waals surface area (Å²) in [6.07, 6.45) is -0.984. The molecule has 4 nitrogen and oxygen atoms in total. The Morgan fingerprint density at radius 1 is 1.27 bits per heavy atom. The first kappa shape index (κ1) is 18.6. The van der Waals surface area contributed by atoms with E-state index in [1.807, 2.05) is 0 Å². The molecule has 0 bridgehead atoms. The van der Waals surface area contributed by atoms with Crippen molar-refractivity contribution in [3.05, 3.63) is 41.5 Å². The lowest BCUT2D eigenvalue weighted by Crippen LogP contribution is -2.43. The molecule has 8 heteroatoms. The van der Waals surface area contributed by atoms with Crippen molar-refractivity contribution < 1.29 is 17.6 Å². The van der Waals surface area contributed by atoms with E-state index in [-0.39, 0.29) is 11.1 Å². The number of nitrogens with one attached hydrogen (secondary N) is 2. The monoisotopic (exact) mass is 368 g/mol. The molecule has 2 aromatic rings. The average molecular weight is 368 g/mol. The SMILES string of the molecule is Cc1nc(NC[C@@]2(C)CCCN2)ncc1-c1ccc(C(F)(F)F)cc1F. The zero-order chi connectivity index (χ0) is 18.9. The minimum absolute atomic E-state index is 0.0184. The first-order valence-electron chi connectivity index (χ1n) is 8.38. The van der Waals surface area contributed by atoms with Crippen LogP contribution in [0.3, 0.4) is 0 Å².